The molecule has 2 N–H and O–H groups in total. The molecule has 0 aromatic heterocycles. The lowest BCUT2D eigenvalue weighted by molar-refractivity contribution is 0.117. The number of benzene rings is 2. The van der Waals surface area contributed by atoms with Crippen molar-refractivity contribution in [2.24, 2.45) is 0 Å². The van der Waals surface area contributed by atoms with Gasteiger partial charge >= 0.3 is 0 Å². The van der Waals surface area contributed by atoms with Gasteiger partial charge in [0.25, 0.3) is 0 Å². The third-order valence-corrected chi connectivity index (χ3v) is 3.09. The van der Waals surface area contributed by atoms with E-state index in [4.69, 9.17) is 10.00 Å². The number of rotatable bonds is 6. The van der Waals surface area contributed by atoms with Gasteiger partial charge in [0.05, 0.1) is 5.69 Å². The lowest BCUT2D eigenvalue weighted by Crippen LogP contribution is -2.26. The van der Waals surface area contributed by atoms with Crippen molar-refractivity contribution in [2.45, 2.75) is 13.0 Å². The van der Waals surface area contributed by atoms with Gasteiger partial charge in [-0.3, -0.25) is 0 Å². The molecule has 1 unspecified atom stereocenters. The van der Waals surface area contributed by atoms with E-state index in [-0.39, 0.29) is 18.7 Å². The molecule has 0 amide bonds. The smallest absolute Gasteiger partial charge is 0.143 e. The van der Waals surface area contributed by atoms with Gasteiger partial charge in [-0.15, -0.1) is 0 Å². The summed E-state index contributed by atoms with van der Waals surface area (Å²) in [6.45, 7) is 2.22. The van der Waals surface area contributed by atoms with Crippen molar-refractivity contribution in [3.05, 3.63) is 59.4 Å². The number of aliphatic hydroxyl groups excluding tert-OH is 1. The molecule has 2 aromatic rings. The molecule has 0 aliphatic rings. The van der Waals surface area contributed by atoms with E-state index in [9.17, 15) is 9.50 Å². The Labute approximate surface area is 128 Å². The highest BCUT2D eigenvalue weighted by Crippen LogP contribution is 2.18. The SMILES string of the molecule is Cc1cccc(OCC(O)CNc2cccc(F)c2C#N)c1. The molecule has 114 valence electrons. The summed E-state index contributed by atoms with van der Waals surface area (Å²) in [5.74, 6) is 0.0977. The van der Waals surface area contributed by atoms with E-state index in [1.165, 1.54) is 12.1 Å². The molecular weight excluding hydrogens is 283 g/mol. The van der Waals surface area contributed by atoms with E-state index in [1.807, 2.05) is 31.2 Å². The van der Waals surface area contributed by atoms with Crippen LogP contribution in [0, 0.1) is 24.1 Å². The first kappa shape index (κ1) is 15.8. The summed E-state index contributed by atoms with van der Waals surface area (Å²) in [5, 5.41) is 21.7. The first-order valence-corrected chi connectivity index (χ1v) is 6.90. The van der Waals surface area contributed by atoms with E-state index >= 15 is 0 Å². The Kier molecular flexibility index (Phi) is 5.34. The maximum atomic E-state index is 13.4. The summed E-state index contributed by atoms with van der Waals surface area (Å²) in [6, 6.07) is 13.6. The molecule has 0 saturated heterocycles. The van der Waals surface area contributed by atoms with Gasteiger partial charge in [-0.1, -0.05) is 18.2 Å². The quantitative estimate of drug-likeness (QED) is 0.861. The van der Waals surface area contributed by atoms with Crippen LogP contribution in [0.5, 0.6) is 5.75 Å². The Morgan fingerprint density at radius 2 is 2.09 bits per heavy atom. The lowest BCUT2D eigenvalue weighted by atomic mass is 10.2. The first-order valence-electron chi connectivity index (χ1n) is 6.90. The highest BCUT2D eigenvalue weighted by Gasteiger charge is 2.10. The number of nitrogens with zero attached hydrogens (tertiary/aromatic N) is 1. The van der Waals surface area contributed by atoms with Crippen LogP contribution in [-0.4, -0.2) is 24.4 Å². The Balaban J connectivity index is 1.87. The van der Waals surface area contributed by atoms with E-state index < -0.39 is 11.9 Å². The molecule has 0 aliphatic carbocycles. The van der Waals surface area contributed by atoms with Crippen molar-refractivity contribution in [2.75, 3.05) is 18.5 Å². The minimum Gasteiger partial charge on any atom is -0.491 e. The third kappa shape index (κ3) is 4.21. The molecule has 0 spiro atoms. The standard InChI is InChI=1S/C17H17FN2O2/c1-12-4-2-5-14(8-12)22-11-13(21)10-20-17-7-3-6-16(18)15(17)9-19/h2-8,13,20-21H,10-11H2,1H3. The lowest BCUT2D eigenvalue weighted by Gasteiger charge is -2.15. The number of hydrogen-bond donors (Lipinski definition) is 2. The molecule has 0 saturated carbocycles. The highest BCUT2D eigenvalue weighted by atomic mass is 19.1. The molecule has 0 fully saturated rings. The number of nitriles is 1. The molecule has 0 heterocycles. The number of aryl methyl sites for hydroxylation is 1. The van der Waals surface area contributed by atoms with Gasteiger partial charge in [0.15, 0.2) is 0 Å². The molecule has 1 atom stereocenters. The molecule has 2 rings (SSSR count). The van der Waals surface area contributed by atoms with Crippen LogP contribution in [0.2, 0.25) is 0 Å². The number of hydrogen-bond acceptors (Lipinski definition) is 4. The van der Waals surface area contributed by atoms with Crippen molar-refractivity contribution in [1.29, 1.82) is 5.26 Å². The Morgan fingerprint density at radius 1 is 1.32 bits per heavy atom. The zero-order valence-electron chi connectivity index (χ0n) is 12.2. The summed E-state index contributed by atoms with van der Waals surface area (Å²) in [5.41, 5.74) is 1.37. The van der Waals surface area contributed by atoms with Crippen molar-refractivity contribution in [3.8, 4) is 11.8 Å². The van der Waals surface area contributed by atoms with Gasteiger partial charge in [0.2, 0.25) is 0 Å². The number of aliphatic hydroxyl groups is 1. The number of ether oxygens (including phenoxy) is 1. The van der Waals surface area contributed by atoms with Crippen LogP contribution in [-0.2, 0) is 0 Å². The van der Waals surface area contributed by atoms with Crippen molar-refractivity contribution in [1.82, 2.24) is 0 Å². The molecule has 2 aromatic carbocycles. The second-order valence-corrected chi connectivity index (χ2v) is 4.94. The van der Waals surface area contributed by atoms with Crippen molar-refractivity contribution in [3.63, 3.8) is 0 Å². The molecule has 0 bridgehead atoms. The maximum absolute atomic E-state index is 13.4. The van der Waals surface area contributed by atoms with Gasteiger partial charge in [-0.25, -0.2) is 4.39 Å². The van der Waals surface area contributed by atoms with E-state index in [0.29, 0.717) is 11.4 Å². The molecular formula is C17H17FN2O2. The van der Waals surface area contributed by atoms with Crippen LogP contribution in [0.15, 0.2) is 42.5 Å². The number of nitrogens with one attached hydrogen (secondary N) is 1. The Morgan fingerprint density at radius 3 is 2.82 bits per heavy atom. The maximum Gasteiger partial charge on any atom is 0.143 e. The van der Waals surface area contributed by atoms with Crippen LogP contribution in [0.4, 0.5) is 10.1 Å². The van der Waals surface area contributed by atoms with Crippen LogP contribution >= 0.6 is 0 Å². The van der Waals surface area contributed by atoms with Gasteiger partial charge in [0.1, 0.15) is 35.9 Å². The second-order valence-electron chi connectivity index (χ2n) is 4.94. The molecule has 0 radical (unpaired) electrons. The zero-order chi connectivity index (χ0) is 15.9. The van der Waals surface area contributed by atoms with Crippen LogP contribution in [0.1, 0.15) is 11.1 Å². The van der Waals surface area contributed by atoms with Gasteiger partial charge in [0, 0.05) is 6.54 Å². The average Bonchev–Trinajstić information content (AvgIpc) is 2.51. The minimum absolute atomic E-state index is 0.0608. The second kappa shape index (κ2) is 7.43. The zero-order valence-corrected chi connectivity index (χ0v) is 12.2. The summed E-state index contributed by atoms with van der Waals surface area (Å²) in [4.78, 5) is 0. The number of halogens is 1. The van der Waals surface area contributed by atoms with E-state index in [1.54, 1.807) is 12.1 Å². The van der Waals surface area contributed by atoms with Crippen LogP contribution in [0.3, 0.4) is 0 Å². The first-order chi connectivity index (χ1) is 10.6. The molecule has 5 heteroatoms. The highest BCUT2D eigenvalue weighted by molar-refractivity contribution is 5.57. The largest absolute Gasteiger partial charge is 0.491 e. The third-order valence-electron chi connectivity index (χ3n) is 3.09. The average molecular weight is 300 g/mol. The predicted octanol–water partition coefficient (Wildman–Crippen LogP) is 2.86. The fraction of sp³-hybridized carbons (Fsp3) is 0.235. The summed E-state index contributed by atoms with van der Waals surface area (Å²) in [7, 11) is 0. The number of anilines is 1. The summed E-state index contributed by atoms with van der Waals surface area (Å²) >= 11 is 0. The molecule has 22 heavy (non-hydrogen) atoms. The fourth-order valence-electron chi connectivity index (χ4n) is 1.97. The summed E-state index contributed by atoms with van der Waals surface area (Å²) < 4.78 is 18.9. The predicted molar refractivity (Wildman–Crippen MR) is 82.3 cm³/mol. The van der Waals surface area contributed by atoms with Crippen molar-refractivity contribution >= 4 is 5.69 Å². The fourth-order valence-corrected chi connectivity index (χ4v) is 1.97. The van der Waals surface area contributed by atoms with Crippen LogP contribution in [0.25, 0.3) is 0 Å². The van der Waals surface area contributed by atoms with Crippen LogP contribution < -0.4 is 10.1 Å². The van der Waals surface area contributed by atoms with E-state index in [0.717, 1.165) is 5.56 Å². The molecule has 0 aliphatic heterocycles. The monoisotopic (exact) mass is 300 g/mol. The topological polar surface area (TPSA) is 65.3 Å². The Hall–Kier alpha value is -2.58. The Bertz CT molecular complexity index is 683. The molecule has 4 nitrogen and oxygen atoms in total. The summed E-state index contributed by atoms with van der Waals surface area (Å²) in [6.07, 6.45) is -0.782. The van der Waals surface area contributed by atoms with Gasteiger partial charge in [-0.05, 0) is 36.8 Å². The van der Waals surface area contributed by atoms with E-state index in [2.05, 4.69) is 5.32 Å². The van der Waals surface area contributed by atoms with Crippen molar-refractivity contribution < 1.29 is 14.2 Å². The van der Waals surface area contributed by atoms with Gasteiger partial charge < -0.3 is 15.2 Å². The normalized spacial score (nSPS) is 11.5. The van der Waals surface area contributed by atoms with Gasteiger partial charge in [-0.2, -0.15) is 5.26 Å². The minimum atomic E-state index is -0.782.